The molecule has 388 valence electrons. The number of phosphoric acid groups is 1. The largest absolute Gasteiger partial charge is 0.472 e. The molecule has 0 aromatic heterocycles. The van der Waals surface area contributed by atoms with Crippen LogP contribution in [0.25, 0.3) is 0 Å². The molecule has 66 heavy (non-hydrogen) atoms. The summed E-state index contributed by atoms with van der Waals surface area (Å²) in [6.45, 7) is 2.20. The minimum atomic E-state index is -5.37. The van der Waals surface area contributed by atoms with E-state index in [1.54, 1.807) is 0 Å². The highest BCUT2D eigenvalue weighted by atomic mass is 31.2. The first-order valence-corrected chi connectivity index (χ1v) is 26.5. The Morgan fingerprint density at radius 2 is 1.00 bits per heavy atom. The zero-order valence-electron chi connectivity index (χ0n) is 39.7. The van der Waals surface area contributed by atoms with Crippen molar-refractivity contribution in [3.05, 3.63) is 12.2 Å². The van der Waals surface area contributed by atoms with Crippen LogP contribution in [0.1, 0.15) is 181 Å². The Bertz CT molecular complexity index is 1340. The second-order valence-corrected chi connectivity index (χ2v) is 19.4. The van der Waals surface area contributed by atoms with Gasteiger partial charge < -0.3 is 64.7 Å². The van der Waals surface area contributed by atoms with Gasteiger partial charge in [0.25, 0.3) is 0 Å². The Morgan fingerprint density at radius 3 is 1.52 bits per heavy atom. The number of ether oxygens (including phenoxy) is 4. The predicted octanol–water partition coefficient (Wildman–Crippen LogP) is 5.32. The summed E-state index contributed by atoms with van der Waals surface area (Å²) in [6.07, 6.45) is 7.33. The molecule has 13 atom stereocenters. The summed E-state index contributed by atoms with van der Waals surface area (Å²) in [6, 6.07) is 0. The van der Waals surface area contributed by atoms with Crippen molar-refractivity contribution in [1.82, 2.24) is 0 Å². The van der Waals surface area contributed by atoms with Crippen molar-refractivity contribution in [3.63, 3.8) is 0 Å². The summed E-state index contributed by atoms with van der Waals surface area (Å²) in [5.74, 6) is -1.23. The summed E-state index contributed by atoms with van der Waals surface area (Å²) in [5, 5.41) is 82.9. The van der Waals surface area contributed by atoms with Gasteiger partial charge in [0.2, 0.25) is 0 Å². The zero-order valence-corrected chi connectivity index (χ0v) is 40.6. The normalized spacial score (nSPS) is 28.3. The second-order valence-electron chi connectivity index (χ2n) is 18.0. The van der Waals surface area contributed by atoms with Crippen LogP contribution >= 0.6 is 7.82 Å². The lowest BCUT2D eigenvalue weighted by molar-refractivity contribution is -0.338. The van der Waals surface area contributed by atoms with E-state index < -0.39 is 113 Å². The highest BCUT2D eigenvalue weighted by Gasteiger charge is 2.55. The van der Waals surface area contributed by atoms with Crippen molar-refractivity contribution in [1.29, 1.82) is 0 Å². The summed E-state index contributed by atoms with van der Waals surface area (Å²) in [5.41, 5.74) is 0. The SMILES string of the molecule is CCCCCCCCC/C=C\CCCCCC(=O)OC(COC(=O)CCCCCCCCCCCCCC)COP(=O)(O)OC1C(O)C(O)C(O)C(O)C1OC1OC(CO)C(O)C(O)C1O. The number of carbonyl (C=O) groups excluding carboxylic acids is 2. The molecule has 19 heteroatoms. The van der Waals surface area contributed by atoms with Crippen LogP contribution < -0.4 is 0 Å². The molecule has 13 unspecified atom stereocenters. The molecular weight excluding hydrogens is 883 g/mol. The van der Waals surface area contributed by atoms with Crippen LogP contribution in [-0.4, -0.2) is 151 Å². The number of hydrogen-bond acceptors (Lipinski definition) is 17. The minimum absolute atomic E-state index is 0.0156. The average molecular weight is 971 g/mol. The third-order valence-corrected chi connectivity index (χ3v) is 13.2. The molecule has 0 bridgehead atoms. The van der Waals surface area contributed by atoms with Gasteiger partial charge in [-0.3, -0.25) is 18.6 Å². The van der Waals surface area contributed by atoms with Gasteiger partial charge in [-0.05, 0) is 38.5 Å². The van der Waals surface area contributed by atoms with Gasteiger partial charge in [0, 0.05) is 12.8 Å². The van der Waals surface area contributed by atoms with E-state index in [-0.39, 0.29) is 12.8 Å². The van der Waals surface area contributed by atoms with Crippen LogP contribution in [0.3, 0.4) is 0 Å². The Labute approximate surface area is 393 Å². The second kappa shape index (κ2) is 35.5. The smallest absolute Gasteiger partial charge is 0.462 e. The number of allylic oxidation sites excluding steroid dienone is 2. The molecule has 1 saturated heterocycles. The minimum Gasteiger partial charge on any atom is -0.462 e. The van der Waals surface area contributed by atoms with Crippen LogP contribution in [0.2, 0.25) is 0 Å². The van der Waals surface area contributed by atoms with E-state index in [9.17, 15) is 59.9 Å². The third kappa shape index (κ3) is 24.3. The fourth-order valence-corrected chi connectivity index (χ4v) is 9.02. The van der Waals surface area contributed by atoms with E-state index in [2.05, 4.69) is 26.0 Å². The third-order valence-electron chi connectivity index (χ3n) is 12.2. The van der Waals surface area contributed by atoms with Gasteiger partial charge in [-0.1, -0.05) is 142 Å². The molecule has 2 fully saturated rings. The van der Waals surface area contributed by atoms with Crippen molar-refractivity contribution in [2.45, 2.75) is 254 Å². The van der Waals surface area contributed by atoms with Crippen molar-refractivity contribution >= 4 is 19.8 Å². The number of esters is 2. The van der Waals surface area contributed by atoms with E-state index in [0.29, 0.717) is 12.8 Å². The van der Waals surface area contributed by atoms with Gasteiger partial charge in [-0.2, -0.15) is 0 Å². The van der Waals surface area contributed by atoms with Gasteiger partial charge in [-0.25, -0.2) is 4.57 Å². The molecule has 18 nitrogen and oxygen atoms in total. The van der Waals surface area contributed by atoms with E-state index in [4.69, 9.17) is 28.0 Å². The van der Waals surface area contributed by atoms with E-state index >= 15 is 0 Å². The molecule has 0 amide bonds. The molecule has 2 rings (SSSR count). The highest BCUT2D eigenvalue weighted by Crippen LogP contribution is 2.48. The van der Waals surface area contributed by atoms with E-state index in [0.717, 1.165) is 51.4 Å². The van der Waals surface area contributed by atoms with Gasteiger partial charge in [0.1, 0.15) is 67.6 Å². The summed E-state index contributed by atoms with van der Waals surface area (Å²) < 4.78 is 45.4. The average Bonchev–Trinajstić information content (AvgIpc) is 3.29. The lowest BCUT2D eigenvalue weighted by Gasteiger charge is -2.47. The molecule has 9 N–H and O–H groups in total. The Morgan fingerprint density at radius 1 is 0.561 bits per heavy atom. The van der Waals surface area contributed by atoms with E-state index in [1.165, 1.54) is 89.9 Å². The molecule has 0 spiro atoms. The van der Waals surface area contributed by atoms with Crippen molar-refractivity contribution in [2.75, 3.05) is 19.8 Å². The van der Waals surface area contributed by atoms with Crippen molar-refractivity contribution < 1.29 is 87.9 Å². The maximum atomic E-state index is 13.4. The highest BCUT2D eigenvalue weighted by molar-refractivity contribution is 7.47. The standard InChI is InChI=1S/C47H87O18P/c1-3-5-7-9-11-13-15-17-18-20-22-24-26-28-30-37(50)62-34(32-60-36(49)29-27-25-23-21-19-16-14-12-10-8-6-4-2)33-61-66(58,59)65-46-43(56)41(54)40(53)42(55)45(46)64-47-44(57)39(52)38(51)35(31-48)63-47/h18,20,34-35,38-48,51-57H,3-17,19,21-33H2,1-2H3,(H,58,59)/b20-18-. The van der Waals surface area contributed by atoms with Crippen molar-refractivity contribution in [2.24, 2.45) is 0 Å². The zero-order chi connectivity index (χ0) is 48.7. The Balaban J connectivity index is 1.97. The summed E-state index contributed by atoms with van der Waals surface area (Å²) >= 11 is 0. The van der Waals surface area contributed by atoms with Crippen LogP contribution in [0.5, 0.6) is 0 Å². The monoisotopic (exact) mass is 971 g/mol. The molecule has 0 radical (unpaired) electrons. The molecule has 1 aliphatic carbocycles. The predicted molar refractivity (Wildman–Crippen MR) is 245 cm³/mol. The van der Waals surface area contributed by atoms with Crippen LogP contribution in [0.4, 0.5) is 0 Å². The fourth-order valence-electron chi connectivity index (χ4n) is 8.05. The Hall–Kier alpha value is -1.61. The Kier molecular flexibility index (Phi) is 32.5. The van der Waals surface area contributed by atoms with Crippen LogP contribution in [-0.2, 0) is 42.1 Å². The van der Waals surface area contributed by atoms with Crippen LogP contribution in [0.15, 0.2) is 12.2 Å². The number of rotatable bonds is 38. The number of hydrogen-bond donors (Lipinski definition) is 9. The number of aliphatic hydroxyl groups is 8. The molecule has 0 aromatic rings. The van der Waals surface area contributed by atoms with Crippen molar-refractivity contribution in [3.8, 4) is 0 Å². The number of unbranched alkanes of at least 4 members (excludes halogenated alkanes) is 21. The van der Waals surface area contributed by atoms with Gasteiger partial charge in [0.15, 0.2) is 12.4 Å². The molecule has 2 aliphatic rings. The maximum absolute atomic E-state index is 13.4. The van der Waals surface area contributed by atoms with Gasteiger partial charge in [-0.15, -0.1) is 0 Å². The summed E-state index contributed by atoms with van der Waals surface area (Å²) in [4.78, 5) is 36.5. The van der Waals surface area contributed by atoms with Gasteiger partial charge in [0.05, 0.1) is 13.2 Å². The molecule has 0 aromatic carbocycles. The summed E-state index contributed by atoms with van der Waals surface area (Å²) in [7, 11) is -5.37. The lowest BCUT2D eigenvalue weighted by Crippen LogP contribution is -2.67. The first kappa shape index (κ1) is 60.5. The van der Waals surface area contributed by atoms with E-state index in [1.807, 2.05) is 0 Å². The number of aliphatic hydroxyl groups excluding tert-OH is 8. The molecule has 1 saturated carbocycles. The first-order chi connectivity index (χ1) is 31.7. The molecule has 1 aliphatic heterocycles. The quantitative estimate of drug-likeness (QED) is 0.0164. The maximum Gasteiger partial charge on any atom is 0.472 e. The lowest BCUT2D eigenvalue weighted by atomic mass is 9.84. The molecule has 1 heterocycles. The fraction of sp³-hybridized carbons (Fsp3) is 0.915. The topological polar surface area (TPSA) is 289 Å². The number of carbonyl (C=O) groups is 2. The van der Waals surface area contributed by atoms with Gasteiger partial charge >= 0.3 is 19.8 Å². The first-order valence-electron chi connectivity index (χ1n) is 25.0. The van der Waals surface area contributed by atoms with Crippen LogP contribution in [0, 0.1) is 0 Å². The number of phosphoric ester groups is 1. The molecular formula is C47H87O18P.